The summed E-state index contributed by atoms with van der Waals surface area (Å²) in [6.07, 6.45) is -4.62. The molecule has 1 unspecified atom stereocenters. The van der Waals surface area contributed by atoms with Gasteiger partial charge in [-0.05, 0) is 27.7 Å². The van der Waals surface area contributed by atoms with Crippen LogP contribution in [0.25, 0.3) is 0 Å². The van der Waals surface area contributed by atoms with Crippen LogP contribution in [0.1, 0.15) is 27.7 Å². The molecule has 0 rings (SSSR count). The third-order valence-corrected chi connectivity index (χ3v) is 3.40. The van der Waals surface area contributed by atoms with Crippen LogP contribution < -0.4 is 5.32 Å². The molecule has 4 nitrogen and oxygen atoms in total. The average molecular weight is 266 g/mol. The van der Waals surface area contributed by atoms with E-state index in [1.807, 2.05) is 0 Å². The molecule has 2 N–H and O–H groups in total. The van der Waals surface area contributed by atoms with E-state index >= 15 is 0 Å². The number of rotatable bonds is 5. The Hall–Kier alpha value is -1.29. The molecule has 1 atom stereocenters. The average Bonchev–Trinajstić information content (AvgIpc) is 2.15. The Morgan fingerprint density at radius 3 is 2.06 bits per heavy atom. The SMILES string of the molecule is CC(C)(NCC(C#N)C(F)(F)F)C(C)(C)C(=O)O. The van der Waals surface area contributed by atoms with E-state index in [2.05, 4.69) is 5.32 Å². The van der Waals surface area contributed by atoms with Crippen molar-refractivity contribution in [2.45, 2.75) is 39.4 Å². The first-order valence-corrected chi connectivity index (χ1v) is 5.31. The normalized spacial score (nSPS) is 15.0. The summed E-state index contributed by atoms with van der Waals surface area (Å²) in [5.41, 5.74) is -2.35. The maximum Gasteiger partial charge on any atom is 0.405 e. The molecule has 0 amide bonds. The van der Waals surface area contributed by atoms with Gasteiger partial charge in [-0.25, -0.2) is 0 Å². The molecule has 0 bridgehead atoms. The van der Waals surface area contributed by atoms with Gasteiger partial charge in [0.2, 0.25) is 0 Å². The number of alkyl halides is 3. The number of aliphatic carboxylic acids is 1. The molecule has 0 saturated heterocycles. The van der Waals surface area contributed by atoms with Crippen molar-refractivity contribution in [1.82, 2.24) is 5.32 Å². The second-order valence-electron chi connectivity index (χ2n) is 5.16. The van der Waals surface area contributed by atoms with Crippen LogP contribution >= 0.6 is 0 Å². The van der Waals surface area contributed by atoms with Gasteiger partial charge in [0, 0.05) is 12.1 Å². The van der Waals surface area contributed by atoms with E-state index in [1.54, 1.807) is 0 Å². The highest BCUT2D eigenvalue weighted by Crippen LogP contribution is 2.32. The van der Waals surface area contributed by atoms with Crippen molar-refractivity contribution < 1.29 is 23.1 Å². The fraction of sp³-hybridized carbons (Fsp3) is 0.818. The fourth-order valence-corrected chi connectivity index (χ4v) is 1.08. The van der Waals surface area contributed by atoms with Gasteiger partial charge in [0.25, 0.3) is 0 Å². The van der Waals surface area contributed by atoms with Crippen molar-refractivity contribution in [3.05, 3.63) is 0 Å². The van der Waals surface area contributed by atoms with Crippen LogP contribution in [-0.2, 0) is 4.79 Å². The predicted octanol–water partition coefficient (Wildman–Crippen LogP) is 2.17. The molecule has 0 aromatic heterocycles. The van der Waals surface area contributed by atoms with E-state index < -0.39 is 35.6 Å². The highest BCUT2D eigenvalue weighted by atomic mass is 19.4. The van der Waals surface area contributed by atoms with E-state index in [9.17, 15) is 18.0 Å². The fourth-order valence-electron chi connectivity index (χ4n) is 1.08. The standard InChI is InChI=1S/C11H17F3N2O2/c1-9(2,8(17)18)10(3,4)16-6-7(5-15)11(12,13)14/h7,16H,6H2,1-4H3,(H,17,18). The molecular weight excluding hydrogens is 249 g/mol. The molecule has 0 aromatic rings. The summed E-state index contributed by atoms with van der Waals surface area (Å²) in [6, 6.07) is 1.16. The van der Waals surface area contributed by atoms with Crippen LogP contribution in [0.15, 0.2) is 0 Å². The van der Waals surface area contributed by atoms with Crippen molar-refractivity contribution in [3.63, 3.8) is 0 Å². The third-order valence-electron chi connectivity index (χ3n) is 3.40. The topological polar surface area (TPSA) is 73.1 Å². The van der Waals surface area contributed by atoms with Crippen molar-refractivity contribution in [2.24, 2.45) is 11.3 Å². The lowest BCUT2D eigenvalue weighted by atomic mass is 9.74. The lowest BCUT2D eigenvalue weighted by Crippen LogP contribution is -2.56. The first-order valence-electron chi connectivity index (χ1n) is 5.31. The summed E-state index contributed by atoms with van der Waals surface area (Å²) in [5, 5.41) is 20.0. The first kappa shape index (κ1) is 16.7. The van der Waals surface area contributed by atoms with Crippen molar-refractivity contribution in [3.8, 4) is 6.07 Å². The molecule has 0 fully saturated rings. The Bertz CT molecular complexity index is 356. The summed E-state index contributed by atoms with van der Waals surface area (Å²) < 4.78 is 37.1. The summed E-state index contributed by atoms with van der Waals surface area (Å²) in [6.45, 7) is 5.18. The molecule has 0 aliphatic heterocycles. The van der Waals surface area contributed by atoms with E-state index in [4.69, 9.17) is 10.4 Å². The molecule has 104 valence electrons. The Morgan fingerprint density at radius 1 is 1.33 bits per heavy atom. The largest absolute Gasteiger partial charge is 0.481 e. The van der Waals surface area contributed by atoms with E-state index in [0.717, 1.165) is 6.07 Å². The molecule has 0 radical (unpaired) electrons. The summed E-state index contributed by atoms with van der Waals surface area (Å²) in [4.78, 5) is 11.1. The molecule has 0 saturated carbocycles. The lowest BCUT2D eigenvalue weighted by Gasteiger charge is -2.39. The quantitative estimate of drug-likeness (QED) is 0.799. The minimum absolute atomic E-state index is 0.635. The predicted molar refractivity (Wildman–Crippen MR) is 58.7 cm³/mol. The number of nitrogens with zero attached hydrogens (tertiary/aromatic N) is 1. The Kier molecular flexibility index (Phi) is 4.77. The minimum atomic E-state index is -4.62. The highest BCUT2D eigenvalue weighted by molar-refractivity contribution is 5.75. The Labute approximate surface area is 104 Å². The van der Waals surface area contributed by atoms with Crippen LogP contribution in [0, 0.1) is 22.7 Å². The van der Waals surface area contributed by atoms with Gasteiger partial charge in [0.1, 0.15) is 0 Å². The monoisotopic (exact) mass is 266 g/mol. The second-order valence-corrected chi connectivity index (χ2v) is 5.16. The number of hydrogen-bond acceptors (Lipinski definition) is 3. The van der Waals surface area contributed by atoms with E-state index in [0.29, 0.717) is 0 Å². The molecule has 0 spiro atoms. The van der Waals surface area contributed by atoms with Gasteiger partial charge in [0.05, 0.1) is 11.5 Å². The van der Waals surface area contributed by atoms with E-state index in [-0.39, 0.29) is 0 Å². The van der Waals surface area contributed by atoms with Gasteiger partial charge < -0.3 is 10.4 Å². The Balaban J connectivity index is 4.82. The van der Waals surface area contributed by atoms with Crippen molar-refractivity contribution >= 4 is 5.97 Å². The summed E-state index contributed by atoms with van der Waals surface area (Å²) in [7, 11) is 0. The molecule has 0 heterocycles. The van der Waals surface area contributed by atoms with Gasteiger partial charge in [0.15, 0.2) is 5.92 Å². The lowest BCUT2D eigenvalue weighted by molar-refractivity contribution is -0.160. The van der Waals surface area contributed by atoms with Crippen molar-refractivity contribution in [1.29, 1.82) is 5.26 Å². The maximum atomic E-state index is 12.4. The summed E-state index contributed by atoms with van der Waals surface area (Å²) in [5.74, 6) is -3.28. The number of hydrogen-bond donors (Lipinski definition) is 2. The van der Waals surface area contributed by atoms with Gasteiger partial charge in [-0.15, -0.1) is 0 Å². The molecule has 18 heavy (non-hydrogen) atoms. The molecule has 7 heteroatoms. The van der Waals surface area contributed by atoms with Gasteiger partial charge in [-0.1, -0.05) is 0 Å². The summed E-state index contributed by atoms with van der Waals surface area (Å²) >= 11 is 0. The number of nitriles is 1. The smallest absolute Gasteiger partial charge is 0.405 e. The zero-order chi connectivity index (χ0) is 14.8. The molecule has 0 aliphatic carbocycles. The van der Waals surface area contributed by atoms with Crippen LogP contribution in [-0.4, -0.2) is 29.3 Å². The highest BCUT2D eigenvalue weighted by Gasteiger charge is 2.46. The van der Waals surface area contributed by atoms with Crippen LogP contribution in [0.4, 0.5) is 13.2 Å². The van der Waals surface area contributed by atoms with Crippen LogP contribution in [0.5, 0.6) is 0 Å². The molecule has 0 aromatic carbocycles. The van der Waals surface area contributed by atoms with Crippen LogP contribution in [0.3, 0.4) is 0 Å². The minimum Gasteiger partial charge on any atom is -0.481 e. The second kappa shape index (κ2) is 5.14. The van der Waals surface area contributed by atoms with Gasteiger partial charge in [-0.2, -0.15) is 18.4 Å². The number of carboxylic acid groups (broad SMARTS) is 1. The van der Waals surface area contributed by atoms with Gasteiger partial charge >= 0.3 is 12.1 Å². The zero-order valence-electron chi connectivity index (χ0n) is 10.7. The van der Waals surface area contributed by atoms with Crippen LogP contribution in [0.2, 0.25) is 0 Å². The zero-order valence-corrected chi connectivity index (χ0v) is 10.7. The van der Waals surface area contributed by atoms with E-state index in [1.165, 1.54) is 27.7 Å². The Morgan fingerprint density at radius 2 is 1.78 bits per heavy atom. The first-order chi connectivity index (χ1) is 7.86. The van der Waals surface area contributed by atoms with Crippen molar-refractivity contribution in [2.75, 3.05) is 6.54 Å². The maximum absolute atomic E-state index is 12.4. The number of nitrogens with one attached hydrogen (secondary N) is 1. The van der Waals surface area contributed by atoms with Gasteiger partial charge in [-0.3, -0.25) is 4.79 Å². The molecular formula is C11H17F3N2O2. The number of halogens is 3. The third kappa shape index (κ3) is 3.60. The number of carbonyl (C=O) groups is 1. The number of carboxylic acids is 1. The molecule has 0 aliphatic rings.